The zero-order valence-electron chi connectivity index (χ0n) is 17.4. The molecule has 1 atom stereocenters. The first-order chi connectivity index (χ1) is 15.4. The van der Waals surface area contributed by atoms with Crippen LogP contribution in [0.25, 0.3) is 0 Å². The summed E-state index contributed by atoms with van der Waals surface area (Å²) in [5.41, 5.74) is 5.58. The van der Waals surface area contributed by atoms with Crippen molar-refractivity contribution >= 4 is 46.2 Å². The summed E-state index contributed by atoms with van der Waals surface area (Å²) in [6.45, 7) is 2.15. The number of allylic oxidation sites excluding steroid dienone is 3. The molecule has 0 bridgehead atoms. The highest BCUT2D eigenvalue weighted by Crippen LogP contribution is 2.44. The maximum Gasteiger partial charge on any atom is 0.255 e. The van der Waals surface area contributed by atoms with Crippen LogP contribution in [0.1, 0.15) is 29.3 Å². The van der Waals surface area contributed by atoms with Gasteiger partial charge in [-0.15, -0.1) is 0 Å². The summed E-state index contributed by atoms with van der Waals surface area (Å²) in [4.78, 5) is 13.0. The molecule has 160 valence electrons. The number of hydrogen-bond donors (Lipinski definition) is 3. The van der Waals surface area contributed by atoms with Crippen LogP contribution in [0.5, 0.6) is 0 Å². The lowest BCUT2D eigenvalue weighted by Gasteiger charge is -2.40. The summed E-state index contributed by atoms with van der Waals surface area (Å²) in [5.74, 6) is -0.120. The number of anilines is 3. The van der Waals surface area contributed by atoms with E-state index in [0.717, 1.165) is 40.4 Å². The Kier molecular flexibility index (Phi) is 5.20. The minimum atomic E-state index is -0.322. The molecule has 3 N–H and O–H groups in total. The van der Waals surface area contributed by atoms with Gasteiger partial charge >= 0.3 is 0 Å². The first kappa shape index (κ1) is 20.7. The first-order valence-corrected chi connectivity index (χ1v) is 11.1. The van der Waals surface area contributed by atoms with Gasteiger partial charge in [-0.2, -0.15) is 0 Å². The lowest BCUT2D eigenvalue weighted by atomic mass is 9.70. The van der Waals surface area contributed by atoms with Crippen LogP contribution in [0, 0.1) is 0 Å². The molecule has 0 spiro atoms. The molecule has 1 aliphatic heterocycles. The van der Waals surface area contributed by atoms with E-state index in [1.807, 2.05) is 72.8 Å². The standard InChI is InChI=1S/C26H21Cl2N3O/c1-26-13-12-17(30-23-9-5-3-7-21(23)28)15-24(26)31-25(32)18-14-16(10-11-19(18)26)29-22-8-4-2-6-20(22)27/h2-12,14-15,29-30H,13H2,1H3,(H,31,32). The predicted molar refractivity (Wildman–Crippen MR) is 132 cm³/mol. The SMILES string of the molecule is CC12CC=C(Nc3ccccc3Cl)C=C1NC(=O)c1cc(Nc3ccccc3Cl)ccc12. The predicted octanol–water partition coefficient (Wildman–Crippen LogP) is 7.02. The van der Waals surface area contributed by atoms with Crippen molar-refractivity contribution in [1.29, 1.82) is 0 Å². The second-order valence-electron chi connectivity index (χ2n) is 8.18. The van der Waals surface area contributed by atoms with Crippen LogP contribution in [0.3, 0.4) is 0 Å². The third kappa shape index (κ3) is 3.66. The molecule has 1 unspecified atom stereocenters. The van der Waals surface area contributed by atoms with Gasteiger partial charge in [-0.3, -0.25) is 4.79 Å². The number of benzene rings is 3. The monoisotopic (exact) mass is 461 g/mol. The van der Waals surface area contributed by atoms with Gasteiger partial charge in [-0.25, -0.2) is 0 Å². The summed E-state index contributed by atoms with van der Waals surface area (Å²) >= 11 is 12.6. The first-order valence-electron chi connectivity index (χ1n) is 10.4. The number of amides is 1. The Morgan fingerprint density at radius 3 is 2.25 bits per heavy atom. The molecule has 1 amide bonds. The molecule has 0 saturated carbocycles. The molecule has 0 fully saturated rings. The van der Waals surface area contributed by atoms with Crippen LogP contribution < -0.4 is 16.0 Å². The third-order valence-corrected chi connectivity index (χ3v) is 6.70. The van der Waals surface area contributed by atoms with Gasteiger partial charge in [0.25, 0.3) is 5.91 Å². The zero-order chi connectivity index (χ0) is 22.3. The molecule has 6 heteroatoms. The summed E-state index contributed by atoms with van der Waals surface area (Å²) in [7, 11) is 0. The lowest BCUT2D eigenvalue weighted by molar-refractivity contribution is 0.0947. The second-order valence-corrected chi connectivity index (χ2v) is 8.99. The Bertz CT molecular complexity index is 1300. The highest BCUT2D eigenvalue weighted by molar-refractivity contribution is 6.33. The molecule has 3 aromatic rings. The van der Waals surface area contributed by atoms with Crippen molar-refractivity contribution in [3.05, 3.63) is 111 Å². The van der Waals surface area contributed by atoms with E-state index in [-0.39, 0.29) is 11.3 Å². The molecule has 32 heavy (non-hydrogen) atoms. The van der Waals surface area contributed by atoms with E-state index in [9.17, 15) is 4.79 Å². The molecule has 1 heterocycles. The van der Waals surface area contributed by atoms with Crippen molar-refractivity contribution in [3.8, 4) is 0 Å². The van der Waals surface area contributed by atoms with Crippen LogP contribution >= 0.6 is 23.2 Å². The van der Waals surface area contributed by atoms with E-state index in [1.54, 1.807) is 0 Å². The van der Waals surface area contributed by atoms with Crippen molar-refractivity contribution < 1.29 is 4.79 Å². The van der Waals surface area contributed by atoms with E-state index in [2.05, 4.69) is 29.0 Å². The summed E-state index contributed by atoms with van der Waals surface area (Å²) in [6.07, 6.45) is 4.88. The zero-order valence-corrected chi connectivity index (χ0v) is 18.9. The van der Waals surface area contributed by atoms with Crippen LogP contribution in [0.4, 0.5) is 17.1 Å². The van der Waals surface area contributed by atoms with Gasteiger partial charge in [0.1, 0.15) is 0 Å². The van der Waals surface area contributed by atoms with Crippen molar-refractivity contribution in [2.75, 3.05) is 10.6 Å². The molecule has 5 rings (SSSR count). The fourth-order valence-corrected chi connectivity index (χ4v) is 4.60. The number of nitrogens with one attached hydrogen (secondary N) is 3. The van der Waals surface area contributed by atoms with E-state index in [0.29, 0.717) is 15.6 Å². The van der Waals surface area contributed by atoms with Gasteiger partial charge in [-0.05, 0) is 61.4 Å². The minimum absolute atomic E-state index is 0.120. The minimum Gasteiger partial charge on any atom is -0.355 e. The van der Waals surface area contributed by atoms with Crippen molar-refractivity contribution in [3.63, 3.8) is 0 Å². The van der Waals surface area contributed by atoms with Crippen LogP contribution in [0.2, 0.25) is 10.0 Å². The van der Waals surface area contributed by atoms with Gasteiger partial charge < -0.3 is 16.0 Å². The molecule has 0 radical (unpaired) electrons. The topological polar surface area (TPSA) is 53.2 Å². The van der Waals surface area contributed by atoms with Crippen LogP contribution in [-0.4, -0.2) is 5.91 Å². The average Bonchev–Trinajstić information content (AvgIpc) is 2.78. The van der Waals surface area contributed by atoms with Gasteiger partial charge in [0.2, 0.25) is 0 Å². The molecule has 1 aliphatic carbocycles. The molecule has 0 saturated heterocycles. The number of hydrogen-bond acceptors (Lipinski definition) is 3. The Morgan fingerprint density at radius 1 is 0.906 bits per heavy atom. The molecule has 2 aliphatic rings. The quantitative estimate of drug-likeness (QED) is 0.391. The maximum atomic E-state index is 13.0. The van der Waals surface area contributed by atoms with Gasteiger partial charge in [0.15, 0.2) is 0 Å². The number of para-hydroxylation sites is 2. The largest absolute Gasteiger partial charge is 0.355 e. The van der Waals surface area contributed by atoms with Crippen LogP contribution in [0.15, 0.2) is 90.3 Å². The van der Waals surface area contributed by atoms with Gasteiger partial charge in [-0.1, -0.05) is 59.6 Å². The van der Waals surface area contributed by atoms with E-state index < -0.39 is 0 Å². The molecular formula is C26H21Cl2N3O. The molecular weight excluding hydrogens is 441 g/mol. The normalized spacial score (nSPS) is 19.2. The Hall–Kier alpha value is -3.21. The lowest BCUT2D eigenvalue weighted by Crippen LogP contribution is -2.44. The highest BCUT2D eigenvalue weighted by atomic mass is 35.5. The number of carbonyl (C=O) groups excluding carboxylic acids is 1. The highest BCUT2D eigenvalue weighted by Gasteiger charge is 2.40. The molecule has 3 aromatic carbocycles. The number of rotatable bonds is 4. The van der Waals surface area contributed by atoms with Gasteiger partial charge in [0, 0.05) is 28.1 Å². The van der Waals surface area contributed by atoms with Crippen molar-refractivity contribution in [2.45, 2.75) is 18.8 Å². The Balaban J connectivity index is 1.44. The second kappa shape index (κ2) is 8.05. The maximum absolute atomic E-state index is 13.0. The Labute approximate surface area is 196 Å². The Morgan fingerprint density at radius 2 is 1.56 bits per heavy atom. The summed E-state index contributed by atoms with van der Waals surface area (Å²) < 4.78 is 0. The third-order valence-electron chi connectivity index (χ3n) is 6.04. The fourth-order valence-electron chi connectivity index (χ4n) is 4.23. The number of carbonyl (C=O) groups is 1. The summed E-state index contributed by atoms with van der Waals surface area (Å²) in [6, 6.07) is 21.0. The number of halogens is 2. The van der Waals surface area contributed by atoms with Gasteiger partial charge in [0.05, 0.1) is 21.4 Å². The van der Waals surface area contributed by atoms with E-state index in [4.69, 9.17) is 23.2 Å². The molecule has 4 nitrogen and oxygen atoms in total. The van der Waals surface area contributed by atoms with Crippen molar-refractivity contribution in [2.24, 2.45) is 0 Å². The van der Waals surface area contributed by atoms with Crippen LogP contribution in [-0.2, 0) is 5.41 Å². The smallest absolute Gasteiger partial charge is 0.255 e. The van der Waals surface area contributed by atoms with Crippen molar-refractivity contribution in [1.82, 2.24) is 5.32 Å². The van der Waals surface area contributed by atoms with E-state index >= 15 is 0 Å². The average molecular weight is 462 g/mol. The fraction of sp³-hybridized carbons (Fsp3) is 0.115. The van der Waals surface area contributed by atoms with E-state index in [1.165, 1.54) is 0 Å². The summed E-state index contributed by atoms with van der Waals surface area (Å²) in [5, 5.41) is 11.0. The number of fused-ring (bicyclic) bond motifs is 3. The molecule has 0 aromatic heterocycles.